The highest BCUT2D eigenvalue weighted by molar-refractivity contribution is 6.20. The molecule has 0 radical (unpaired) electrons. The number of carbonyl (C=O) groups is 3. The molecule has 1 fully saturated rings. The quantitative estimate of drug-likeness (QED) is 0.306. The van der Waals surface area contributed by atoms with Gasteiger partial charge < -0.3 is 20.4 Å². The number of aliphatic imine (C=N–C) groups is 1. The van der Waals surface area contributed by atoms with Gasteiger partial charge in [0.25, 0.3) is 5.91 Å². The molecule has 3 unspecified atom stereocenters. The molecule has 0 aliphatic carbocycles. The van der Waals surface area contributed by atoms with E-state index in [4.69, 9.17) is 0 Å². The third kappa shape index (κ3) is 10.5. The van der Waals surface area contributed by atoms with E-state index in [1.807, 2.05) is 19.0 Å². The largest absolute Gasteiger partial charge is 0.389 e. The van der Waals surface area contributed by atoms with Gasteiger partial charge in [0.05, 0.1) is 18.1 Å². The zero-order valence-corrected chi connectivity index (χ0v) is 27.7. The lowest BCUT2D eigenvalue weighted by molar-refractivity contribution is -0.153. The number of rotatable bonds is 12. The van der Waals surface area contributed by atoms with Crippen LogP contribution in [0, 0.1) is 11.8 Å². The molecule has 2 heterocycles. The molecule has 4 rings (SSSR count). The number of benzene rings is 2. The molecule has 1 saturated heterocycles. The second kappa shape index (κ2) is 16.2. The van der Waals surface area contributed by atoms with Crippen molar-refractivity contribution >= 4 is 29.1 Å². The van der Waals surface area contributed by atoms with E-state index in [9.17, 15) is 40.7 Å². The van der Waals surface area contributed by atoms with Crippen LogP contribution in [-0.4, -0.2) is 98.7 Å². The molecule has 0 aromatic heterocycles. The maximum atomic E-state index is 13.9. The molecular weight excluding hydrogens is 654 g/mol. The molecule has 49 heavy (non-hydrogen) atoms. The van der Waals surface area contributed by atoms with Crippen LogP contribution in [0.25, 0.3) is 0 Å². The van der Waals surface area contributed by atoms with Gasteiger partial charge in [-0.15, -0.1) is 0 Å². The van der Waals surface area contributed by atoms with E-state index < -0.39 is 73.8 Å². The second-order valence-corrected chi connectivity index (χ2v) is 12.7. The van der Waals surface area contributed by atoms with Gasteiger partial charge in [0.15, 0.2) is 0 Å². The van der Waals surface area contributed by atoms with Gasteiger partial charge in [0.2, 0.25) is 18.0 Å². The number of likely N-dealkylation sites (tertiary alicyclic amines) is 1. The fraction of sp³-hybridized carbons (Fsp3) is 0.529. The van der Waals surface area contributed by atoms with Crippen LogP contribution >= 0.6 is 0 Å². The van der Waals surface area contributed by atoms with Crippen molar-refractivity contribution in [2.75, 3.05) is 45.8 Å². The second-order valence-electron chi connectivity index (χ2n) is 12.7. The summed E-state index contributed by atoms with van der Waals surface area (Å²) in [5.41, 5.74) is 1.91. The van der Waals surface area contributed by atoms with E-state index in [-0.39, 0.29) is 6.67 Å². The first-order chi connectivity index (χ1) is 23.0. The molecule has 2 N–H and O–H groups in total. The van der Waals surface area contributed by atoms with E-state index in [0.29, 0.717) is 41.7 Å². The number of hydrogen-bond donors (Lipinski definition) is 2. The standard InChI is InChI=1S/C34H42F6N6O3/c1-44(2)23-15-19-46(20-16-23)21-41-30(47)24(13-17-33(35,36)37)25(14-18-34(38,39)40)31(48)43-29-32(49)45(3)27-12-8-7-11-26(27)28(42-29)22-9-5-4-6-10-22/h4-12,23-25,29H,13-21H2,1-3H3,(H,41,47)(H,43,48). The molecule has 268 valence electrons. The van der Waals surface area contributed by atoms with E-state index in [1.54, 1.807) is 54.6 Å². The summed E-state index contributed by atoms with van der Waals surface area (Å²) in [6.07, 6.45) is -14.5. The summed E-state index contributed by atoms with van der Waals surface area (Å²) in [7, 11) is 5.35. The number of hydrogen-bond acceptors (Lipinski definition) is 6. The summed E-state index contributed by atoms with van der Waals surface area (Å²) < 4.78 is 80.9. The van der Waals surface area contributed by atoms with Crippen LogP contribution in [-0.2, 0) is 14.4 Å². The van der Waals surface area contributed by atoms with Crippen LogP contribution in [0.4, 0.5) is 32.0 Å². The van der Waals surface area contributed by atoms with Gasteiger partial charge in [0, 0.05) is 62.0 Å². The Labute approximate surface area is 281 Å². The molecule has 2 aromatic rings. The number of anilines is 1. The fourth-order valence-electron chi connectivity index (χ4n) is 6.27. The first-order valence-electron chi connectivity index (χ1n) is 16.1. The van der Waals surface area contributed by atoms with Crippen LogP contribution in [0.3, 0.4) is 0 Å². The lowest BCUT2D eigenvalue weighted by Crippen LogP contribution is -2.51. The fourth-order valence-corrected chi connectivity index (χ4v) is 6.27. The SMILES string of the molecule is CN1C(=O)C(NC(=O)C(CCC(F)(F)F)C(CCC(F)(F)F)C(=O)NCN2CCC(N(C)C)CC2)N=C(c2ccccc2)c2ccccc21. The number of para-hydroxylation sites is 1. The molecule has 15 heteroatoms. The Morgan fingerprint density at radius 2 is 1.43 bits per heavy atom. The number of likely N-dealkylation sites (N-methyl/N-ethyl adjacent to an activating group) is 1. The minimum atomic E-state index is -4.76. The number of amides is 3. The first-order valence-corrected chi connectivity index (χ1v) is 16.1. The average molecular weight is 697 g/mol. The predicted molar refractivity (Wildman–Crippen MR) is 173 cm³/mol. The van der Waals surface area contributed by atoms with Crippen molar-refractivity contribution in [3.63, 3.8) is 0 Å². The van der Waals surface area contributed by atoms with Gasteiger partial charge in [0.1, 0.15) is 0 Å². The number of fused-ring (bicyclic) bond motifs is 1. The van der Waals surface area contributed by atoms with Crippen LogP contribution in [0.2, 0.25) is 0 Å². The third-order valence-electron chi connectivity index (χ3n) is 9.07. The Bertz CT molecular complexity index is 1470. The molecule has 2 aliphatic heterocycles. The van der Waals surface area contributed by atoms with Crippen LogP contribution in [0.1, 0.15) is 49.7 Å². The highest BCUT2D eigenvalue weighted by Gasteiger charge is 2.42. The van der Waals surface area contributed by atoms with E-state index in [2.05, 4.69) is 20.5 Å². The third-order valence-corrected chi connectivity index (χ3v) is 9.07. The molecule has 0 bridgehead atoms. The topological polar surface area (TPSA) is 97.3 Å². The summed E-state index contributed by atoms with van der Waals surface area (Å²) in [4.78, 5) is 50.8. The van der Waals surface area contributed by atoms with E-state index >= 15 is 0 Å². The Kier molecular flexibility index (Phi) is 12.5. The van der Waals surface area contributed by atoms with Crippen molar-refractivity contribution in [2.45, 2.75) is 63.1 Å². The van der Waals surface area contributed by atoms with Gasteiger partial charge >= 0.3 is 12.4 Å². The Morgan fingerprint density at radius 3 is 2.00 bits per heavy atom. The zero-order valence-electron chi connectivity index (χ0n) is 27.7. The van der Waals surface area contributed by atoms with Crippen molar-refractivity contribution < 1.29 is 40.7 Å². The summed E-state index contributed by atoms with van der Waals surface area (Å²) in [5.74, 6) is -6.48. The van der Waals surface area contributed by atoms with Crippen LogP contribution < -0.4 is 15.5 Å². The number of nitrogens with zero attached hydrogens (tertiary/aromatic N) is 4. The average Bonchev–Trinajstić information content (AvgIpc) is 3.15. The first kappa shape index (κ1) is 37.8. The van der Waals surface area contributed by atoms with E-state index in [0.717, 1.165) is 12.8 Å². The highest BCUT2D eigenvalue weighted by Crippen LogP contribution is 2.34. The minimum absolute atomic E-state index is 0.0377. The van der Waals surface area contributed by atoms with Crippen molar-refractivity contribution in [3.8, 4) is 0 Å². The number of alkyl halides is 6. The molecule has 3 amide bonds. The number of nitrogens with one attached hydrogen (secondary N) is 2. The summed E-state index contributed by atoms with van der Waals surface area (Å²) in [6, 6.07) is 15.9. The lowest BCUT2D eigenvalue weighted by atomic mass is 9.83. The Balaban J connectivity index is 1.63. The maximum Gasteiger partial charge on any atom is 0.389 e. The lowest BCUT2D eigenvalue weighted by Gasteiger charge is -2.35. The Morgan fingerprint density at radius 1 is 0.878 bits per heavy atom. The van der Waals surface area contributed by atoms with Crippen molar-refractivity contribution in [3.05, 3.63) is 65.7 Å². The van der Waals surface area contributed by atoms with Crippen LogP contribution in [0.15, 0.2) is 59.6 Å². The zero-order chi connectivity index (χ0) is 35.9. The van der Waals surface area contributed by atoms with Gasteiger partial charge in [-0.3, -0.25) is 19.3 Å². The summed E-state index contributed by atoms with van der Waals surface area (Å²) in [6.45, 7) is 1.15. The smallest absolute Gasteiger partial charge is 0.343 e. The molecular formula is C34H42F6N6O3. The van der Waals surface area contributed by atoms with Gasteiger partial charge in [-0.1, -0.05) is 48.5 Å². The van der Waals surface area contributed by atoms with Gasteiger partial charge in [-0.05, 0) is 45.8 Å². The molecule has 0 spiro atoms. The van der Waals surface area contributed by atoms with E-state index in [1.165, 1.54) is 11.9 Å². The monoisotopic (exact) mass is 696 g/mol. The molecule has 9 nitrogen and oxygen atoms in total. The van der Waals surface area contributed by atoms with Crippen molar-refractivity contribution in [1.82, 2.24) is 20.4 Å². The van der Waals surface area contributed by atoms with Crippen LogP contribution in [0.5, 0.6) is 0 Å². The number of carbonyl (C=O) groups excluding carboxylic acids is 3. The maximum absolute atomic E-state index is 13.9. The van der Waals surface area contributed by atoms with Crippen molar-refractivity contribution in [2.24, 2.45) is 16.8 Å². The molecule has 2 aromatic carbocycles. The number of halogens is 6. The normalized spacial score (nSPS) is 19.1. The van der Waals surface area contributed by atoms with Crippen molar-refractivity contribution in [1.29, 1.82) is 0 Å². The summed E-state index contributed by atoms with van der Waals surface area (Å²) in [5, 5.41) is 4.98. The molecule has 3 atom stereocenters. The van der Waals surface area contributed by atoms with Gasteiger partial charge in [-0.25, -0.2) is 4.99 Å². The van der Waals surface area contributed by atoms with Gasteiger partial charge in [-0.2, -0.15) is 26.3 Å². The number of benzodiazepines with no additional fused rings is 1. The molecule has 2 aliphatic rings. The number of piperidine rings is 1. The molecule has 0 saturated carbocycles. The predicted octanol–water partition coefficient (Wildman–Crippen LogP) is 4.96. The minimum Gasteiger partial charge on any atom is -0.343 e. The summed E-state index contributed by atoms with van der Waals surface area (Å²) >= 11 is 0. The highest BCUT2D eigenvalue weighted by atomic mass is 19.4. The Hall–Kier alpha value is -3.98.